The van der Waals surface area contributed by atoms with Gasteiger partial charge in [0.05, 0.1) is 16.7 Å². The summed E-state index contributed by atoms with van der Waals surface area (Å²) in [6.45, 7) is 4.48. The third-order valence-electron chi connectivity index (χ3n) is 2.65. The van der Waals surface area contributed by atoms with Crippen LogP contribution in [0.5, 0.6) is 5.75 Å². The Morgan fingerprint density at radius 2 is 1.56 bits per heavy atom. The topological polar surface area (TPSA) is 9.23 Å². The van der Waals surface area contributed by atoms with Crippen LogP contribution < -0.4 is 4.74 Å². The van der Waals surface area contributed by atoms with E-state index in [0.717, 1.165) is 12.8 Å². The van der Waals surface area contributed by atoms with Crippen molar-refractivity contribution < 1.29 is 4.74 Å². The first kappa shape index (κ1) is 15.9. The second-order valence-corrected chi connectivity index (χ2v) is 5.31. The van der Waals surface area contributed by atoms with Gasteiger partial charge in [0.1, 0.15) is 10.8 Å². The molecule has 0 bridgehead atoms. The van der Waals surface area contributed by atoms with Gasteiger partial charge in [0, 0.05) is 0 Å². The van der Waals surface area contributed by atoms with Gasteiger partial charge >= 0.3 is 0 Å². The van der Waals surface area contributed by atoms with E-state index in [-0.39, 0.29) is 0 Å². The Labute approximate surface area is 124 Å². The minimum Gasteiger partial charge on any atom is -0.492 e. The maximum Gasteiger partial charge on any atom is 0.139 e. The summed E-state index contributed by atoms with van der Waals surface area (Å²) in [7, 11) is 0. The Bertz CT molecular complexity index is 366. The van der Waals surface area contributed by atoms with Crippen molar-refractivity contribution in [2.45, 2.75) is 38.5 Å². The van der Waals surface area contributed by atoms with Crippen LogP contribution in [0.4, 0.5) is 0 Å². The van der Waals surface area contributed by atoms with Crippen molar-refractivity contribution in [1.29, 1.82) is 0 Å². The highest BCUT2D eigenvalue weighted by Gasteiger charge is 2.09. The molecular formula is C14H18Cl3O. The molecule has 0 unspecified atom stereocenters. The molecular weight excluding hydrogens is 291 g/mol. The lowest BCUT2D eigenvalue weighted by Gasteiger charge is -2.09. The van der Waals surface area contributed by atoms with Gasteiger partial charge in [-0.15, -0.1) is 0 Å². The molecule has 101 valence electrons. The quantitative estimate of drug-likeness (QED) is 0.410. The van der Waals surface area contributed by atoms with E-state index in [4.69, 9.17) is 39.5 Å². The normalized spacial score (nSPS) is 10.7. The Hall–Kier alpha value is -0.110. The van der Waals surface area contributed by atoms with E-state index in [0.29, 0.717) is 27.4 Å². The average molecular weight is 309 g/mol. The Morgan fingerprint density at radius 1 is 0.889 bits per heavy atom. The monoisotopic (exact) mass is 307 g/mol. The Morgan fingerprint density at radius 3 is 2.28 bits per heavy atom. The van der Waals surface area contributed by atoms with Crippen LogP contribution in [-0.2, 0) is 0 Å². The van der Waals surface area contributed by atoms with Crippen LogP contribution in [0.2, 0.25) is 15.1 Å². The molecule has 0 saturated heterocycles. The second-order valence-electron chi connectivity index (χ2n) is 4.14. The van der Waals surface area contributed by atoms with Crippen LogP contribution >= 0.6 is 34.8 Å². The SMILES string of the molecule is [CH2]CCCCCCCOc1ccc(Cl)c(Cl)c1Cl. The molecule has 0 N–H and O–H groups in total. The number of halogens is 3. The summed E-state index contributed by atoms with van der Waals surface area (Å²) in [4.78, 5) is 0. The third-order valence-corrected chi connectivity index (χ3v) is 3.93. The van der Waals surface area contributed by atoms with Gasteiger partial charge in [0.2, 0.25) is 0 Å². The number of hydrogen-bond donors (Lipinski definition) is 0. The average Bonchev–Trinajstić information content (AvgIpc) is 2.37. The van der Waals surface area contributed by atoms with Gasteiger partial charge in [0.15, 0.2) is 0 Å². The van der Waals surface area contributed by atoms with Crippen molar-refractivity contribution in [3.8, 4) is 5.75 Å². The molecule has 0 aliphatic rings. The predicted molar refractivity (Wildman–Crippen MR) is 80.0 cm³/mol. The minimum absolute atomic E-state index is 0.353. The zero-order chi connectivity index (χ0) is 13.4. The molecule has 0 fully saturated rings. The highest BCUT2D eigenvalue weighted by atomic mass is 35.5. The zero-order valence-electron chi connectivity index (χ0n) is 10.4. The Balaban J connectivity index is 2.25. The summed E-state index contributed by atoms with van der Waals surface area (Å²) in [6, 6.07) is 3.44. The van der Waals surface area contributed by atoms with Crippen LogP contribution in [0.25, 0.3) is 0 Å². The van der Waals surface area contributed by atoms with E-state index in [1.807, 2.05) is 0 Å². The van der Waals surface area contributed by atoms with Crippen molar-refractivity contribution in [2.75, 3.05) is 6.61 Å². The number of benzene rings is 1. The van der Waals surface area contributed by atoms with Crippen LogP contribution in [0.3, 0.4) is 0 Å². The van der Waals surface area contributed by atoms with Gasteiger partial charge in [-0.2, -0.15) is 0 Å². The molecule has 0 saturated carbocycles. The van der Waals surface area contributed by atoms with E-state index in [2.05, 4.69) is 6.92 Å². The molecule has 0 spiro atoms. The molecule has 1 radical (unpaired) electrons. The van der Waals surface area contributed by atoms with Gasteiger partial charge < -0.3 is 4.74 Å². The number of hydrogen-bond acceptors (Lipinski definition) is 1. The van der Waals surface area contributed by atoms with E-state index in [9.17, 15) is 0 Å². The van der Waals surface area contributed by atoms with Crippen molar-refractivity contribution in [2.24, 2.45) is 0 Å². The molecule has 4 heteroatoms. The van der Waals surface area contributed by atoms with E-state index in [1.165, 1.54) is 25.7 Å². The van der Waals surface area contributed by atoms with Crippen molar-refractivity contribution in [3.63, 3.8) is 0 Å². The van der Waals surface area contributed by atoms with Crippen LogP contribution in [0, 0.1) is 6.92 Å². The summed E-state index contributed by atoms with van der Waals surface area (Å²) in [5, 5.41) is 1.19. The van der Waals surface area contributed by atoms with Crippen molar-refractivity contribution in [1.82, 2.24) is 0 Å². The third kappa shape index (κ3) is 5.26. The van der Waals surface area contributed by atoms with Crippen LogP contribution in [0.1, 0.15) is 38.5 Å². The van der Waals surface area contributed by atoms with Gasteiger partial charge in [-0.05, 0) is 18.6 Å². The standard InChI is InChI=1S/C14H18Cl3O/c1-2-3-4-5-6-7-10-18-12-9-8-11(15)13(16)14(12)17/h8-9H,1-7,10H2. The molecule has 1 aromatic rings. The fraction of sp³-hybridized carbons (Fsp3) is 0.500. The van der Waals surface area contributed by atoms with E-state index in [1.54, 1.807) is 12.1 Å². The number of unbranched alkanes of at least 4 members (excludes halogenated alkanes) is 5. The smallest absolute Gasteiger partial charge is 0.139 e. The van der Waals surface area contributed by atoms with Gasteiger partial charge in [-0.1, -0.05) is 73.8 Å². The highest BCUT2D eigenvalue weighted by Crippen LogP contribution is 2.37. The lowest BCUT2D eigenvalue weighted by Crippen LogP contribution is -1.98. The summed E-state index contributed by atoms with van der Waals surface area (Å²) >= 11 is 17.8. The highest BCUT2D eigenvalue weighted by molar-refractivity contribution is 6.48. The first-order valence-electron chi connectivity index (χ1n) is 6.22. The largest absolute Gasteiger partial charge is 0.492 e. The lowest BCUT2D eigenvalue weighted by molar-refractivity contribution is 0.304. The molecule has 0 amide bonds. The lowest BCUT2D eigenvalue weighted by atomic mass is 10.1. The van der Waals surface area contributed by atoms with Crippen molar-refractivity contribution >= 4 is 34.8 Å². The summed E-state index contributed by atoms with van der Waals surface area (Å²) < 4.78 is 5.59. The van der Waals surface area contributed by atoms with Crippen LogP contribution in [0.15, 0.2) is 12.1 Å². The van der Waals surface area contributed by atoms with Gasteiger partial charge in [-0.25, -0.2) is 0 Å². The fourth-order valence-electron chi connectivity index (χ4n) is 1.61. The molecule has 1 aromatic carbocycles. The molecule has 18 heavy (non-hydrogen) atoms. The van der Waals surface area contributed by atoms with E-state index < -0.39 is 0 Å². The summed E-state index contributed by atoms with van der Waals surface area (Å²) in [5.74, 6) is 0.601. The summed E-state index contributed by atoms with van der Waals surface area (Å²) in [6.07, 6.45) is 6.90. The van der Waals surface area contributed by atoms with Crippen molar-refractivity contribution in [3.05, 3.63) is 34.1 Å². The number of rotatable bonds is 8. The first-order chi connectivity index (χ1) is 8.66. The Kier molecular flexibility index (Phi) is 7.88. The molecule has 0 heterocycles. The van der Waals surface area contributed by atoms with E-state index >= 15 is 0 Å². The summed E-state index contributed by atoms with van der Waals surface area (Å²) in [5.41, 5.74) is 0. The minimum atomic E-state index is 0.353. The molecule has 0 aliphatic heterocycles. The molecule has 1 rings (SSSR count). The first-order valence-corrected chi connectivity index (χ1v) is 7.35. The van der Waals surface area contributed by atoms with Gasteiger partial charge in [-0.3, -0.25) is 0 Å². The fourth-order valence-corrected chi connectivity index (χ4v) is 2.19. The molecule has 0 atom stereocenters. The molecule has 0 aliphatic carbocycles. The maximum atomic E-state index is 6.03. The molecule has 0 aromatic heterocycles. The molecule has 1 nitrogen and oxygen atoms in total. The maximum absolute atomic E-state index is 6.03. The second kappa shape index (κ2) is 8.90. The van der Waals surface area contributed by atoms with Crippen LogP contribution in [-0.4, -0.2) is 6.61 Å². The zero-order valence-corrected chi connectivity index (χ0v) is 12.6. The number of ether oxygens (including phenoxy) is 1. The van der Waals surface area contributed by atoms with Gasteiger partial charge in [0.25, 0.3) is 0 Å². The predicted octanol–water partition coefficient (Wildman–Crippen LogP) is 6.20.